The van der Waals surface area contributed by atoms with Gasteiger partial charge in [0.25, 0.3) is 0 Å². The highest BCUT2D eigenvalue weighted by Gasteiger charge is 2.20. The topological polar surface area (TPSA) is 42.7 Å². The van der Waals surface area contributed by atoms with Crippen LogP contribution < -0.4 is 5.32 Å². The smallest absolute Gasteiger partial charge is 0.104 e. The highest BCUT2D eigenvalue weighted by atomic mass is 15.5. The van der Waals surface area contributed by atoms with E-state index in [9.17, 15) is 0 Å². The van der Waals surface area contributed by atoms with Gasteiger partial charge in [0.15, 0.2) is 0 Å². The molecule has 0 saturated carbocycles. The Balaban J connectivity index is 1.87. The van der Waals surface area contributed by atoms with Crippen LogP contribution in [-0.2, 0) is 0 Å². The summed E-state index contributed by atoms with van der Waals surface area (Å²) in [7, 11) is 0. The number of benzene rings is 1. The fraction of sp³-hybridized carbons (Fsp3) is 0.412. The molecule has 0 radical (unpaired) electrons. The zero-order valence-electron chi connectivity index (χ0n) is 12.5. The normalized spacial score (nSPS) is 16.5. The Kier molecular flexibility index (Phi) is 4.46. The Morgan fingerprint density at radius 2 is 2.10 bits per heavy atom. The van der Waals surface area contributed by atoms with Crippen LogP contribution >= 0.6 is 0 Å². The highest BCUT2D eigenvalue weighted by Crippen LogP contribution is 2.28. The number of para-hydroxylation sites is 1. The van der Waals surface area contributed by atoms with E-state index in [0.717, 1.165) is 24.3 Å². The van der Waals surface area contributed by atoms with E-state index in [1.54, 1.807) is 4.80 Å². The van der Waals surface area contributed by atoms with Gasteiger partial charge in [-0.05, 0) is 44.4 Å². The van der Waals surface area contributed by atoms with Crippen LogP contribution in [0.3, 0.4) is 0 Å². The van der Waals surface area contributed by atoms with Crippen LogP contribution in [0.5, 0.6) is 0 Å². The molecule has 1 aliphatic rings. The molecular formula is C17H22N4. The standard InChI is InChI=1S/C17H22N4/c1-2-18-17(14-9-5-3-6-10-14)16-13-19-21(20-16)15-11-7-4-8-12-15/h4,7-9,11-13,17-18H,2-3,5-6,10H2,1H3. The van der Waals surface area contributed by atoms with Crippen molar-refractivity contribution in [3.8, 4) is 5.69 Å². The molecule has 21 heavy (non-hydrogen) atoms. The van der Waals surface area contributed by atoms with Crippen molar-refractivity contribution in [3.63, 3.8) is 0 Å². The molecule has 1 heterocycles. The van der Waals surface area contributed by atoms with Crippen molar-refractivity contribution in [3.05, 3.63) is 53.9 Å². The number of nitrogens with zero attached hydrogens (tertiary/aromatic N) is 3. The predicted molar refractivity (Wildman–Crippen MR) is 84.3 cm³/mol. The Morgan fingerprint density at radius 3 is 2.81 bits per heavy atom. The molecule has 0 aliphatic heterocycles. The fourth-order valence-corrected chi connectivity index (χ4v) is 2.85. The maximum Gasteiger partial charge on any atom is 0.104 e. The summed E-state index contributed by atoms with van der Waals surface area (Å²) in [6, 6.07) is 10.3. The van der Waals surface area contributed by atoms with Crippen molar-refractivity contribution in [2.45, 2.75) is 38.6 Å². The summed E-state index contributed by atoms with van der Waals surface area (Å²) < 4.78 is 0. The van der Waals surface area contributed by atoms with Crippen LogP contribution in [0.1, 0.15) is 44.3 Å². The van der Waals surface area contributed by atoms with Gasteiger partial charge in [0.2, 0.25) is 0 Å². The van der Waals surface area contributed by atoms with Crippen molar-refractivity contribution in [2.75, 3.05) is 6.54 Å². The summed E-state index contributed by atoms with van der Waals surface area (Å²) in [5.41, 5.74) is 3.47. The van der Waals surface area contributed by atoms with E-state index >= 15 is 0 Å². The number of allylic oxidation sites excluding steroid dienone is 1. The third-order valence-corrected chi connectivity index (χ3v) is 3.90. The van der Waals surface area contributed by atoms with Gasteiger partial charge in [-0.1, -0.05) is 36.8 Å². The first-order valence-electron chi connectivity index (χ1n) is 7.78. The second kappa shape index (κ2) is 6.68. The number of nitrogens with one attached hydrogen (secondary N) is 1. The molecule has 4 heteroatoms. The third kappa shape index (κ3) is 3.22. The maximum atomic E-state index is 4.68. The van der Waals surface area contributed by atoms with Crippen LogP contribution in [0.15, 0.2) is 48.2 Å². The minimum atomic E-state index is 0.202. The molecule has 0 saturated heterocycles. The molecule has 4 nitrogen and oxygen atoms in total. The van der Waals surface area contributed by atoms with E-state index < -0.39 is 0 Å². The summed E-state index contributed by atoms with van der Waals surface area (Å²) in [4.78, 5) is 1.71. The van der Waals surface area contributed by atoms with Gasteiger partial charge in [-0.15, -0.1) is 0 Å². The SMILES string of the molecule is CCNC(C1=CCCCC1)c1cnn(-c2ccccc2)n1. The van der Waals surface area contributed by atoms with Gasteiger partial charge >= 0.3 is 0 Å². The van der Waals surface area contributed by atoms with E-state index in [1.165, 1.54) is 24.8 Å². The first-order valence-corrected chi connectivity index (χ1v) is 7.78. The number of rotatable bonds is 5. The molecule has 1 N–H and O–H groups in total. The maximum absolute atomic E-state index is 4.68. The first kappa shape index (κ1) is 14.0. The Morgan fingerprint density at radius 1 is 1.24 bits per heavy atom. The van der Waals surface area contributed by atoms with Gasteiger partial charge in [0.1, 0.15) is 5.69 Å². The fourth-order valence-electron chi connectivity index (χ4n) is 2.85. The first-order chi connectivity index (χ1) is 10.4. The molecule has 0 amide bonds. The number of hydrogen-bond donors (Lipinski definition) is 1. The number of hydrogen-bond acceptors (Lipinski definition) is 3. The molecule has 0 fully saturated rings. The molecule has 0 bridgehead atoms. The second-order valence-electron chi connectivity index (χ2n) is 5.41. The third-order valence-electron chi connectivity index (χ3n) is 3.90. The average molecular weight is 282 g/mol. The molecule has 3 rings (SSSR count). The van der Waals surface area contributed by atoms with E-state index in [0.29, 0.717) is 0 Å². The quantitative estimate of drug-likeness (QED) is 0.854. The van der Waals surface area contributed by atoms with Crippen molar-refractivity contribution < 1.29 is 0 Å². The average Bonchev–Trinajstić information content (AvgIpc) is 3.04. The van der Waals surface area contributed by atoms with E-state index in [1.807, 2.05) is 36.5 Å². The summed E-state index contributed by atoms with van der Waals surface area (Å²) in [6.07, 6.45) is 9.19. The van der Waals surface area contributed by atoms with Gasteiger partial charge in [-0.3, -0.25) is 0 Å². The van der Waals surface area contributed by atoms with Crippen LogP contribution in [0.2, 0.25) is 0 Å². The molecule has 0 spiro atoms. The number of aromatic nitrogens is 3. The molecule has 1 aromatic heterocycles. The van der Waals surface area contributed by atoms with Crippen LogP contribution in [-0.4, -0.2) is 21.5 Å². The molecule has 1 atom stereocenters. The molecule has 1 aliphatic carbocycles. The highest BCUT2D eigenvalue weighted by molar-refractivity contribution is 5.29. The molecule has 2 aromatic rings. The van der Waals surface area contributed by atoms with E-state index in [2.05, 4.69) is 28.5 Å². The lowest BCUT2D eigenvalue weighted by Crippen LogP contribution is -2.24. The Bertz CT molecular complexity index is 600. The summed E-state index contributed by atoms with van der Waals surface area (Å²) in [5, 5.41) is 12.6. The lowest BCUT2D eigenvalue weighted by Gasteiger charge is -2.22. The summed E-state index contributed by atoms with van der Waals surface area (Å²) >= 11 is 0. The minimum Gasteiger partial charge on any atom is -0.305 e. The minimum absolute atomic E-state index is 0.202. The zero-order chi connectivity index (χ0) is 14.5. The van der Waals surface area contributed by atoms with E-state index in [-0.39, 0.29) is 6.04 Å². The predicted octanol–water partition coefficient (Wildman–Crippen LogP) is 3.42. The molecule has 1 unspecified atom stereocenters. The van der Waals surface area contributed by atoms with E-state index in [4.69, 9.17) is 0 Å². The van der Waals surface area contributed by atoms with Crippen molar-refractivity contribution in [1.29, 1.82) is 0 Å². The Hall–Kier alpha value is -1.94. The molecule has 1 aromatic carbocycles. The van der Waals surface area contributed by atoms with Crippen molar-refractivity contribution in [2.24, 2.45) is 0 Å². The van der Waals surface area contributed by atoms with Crippen LogP contribution in [0.4, 0.5) is 0 Å². The summed E-state index contributed by atoms with van der Waals surface area (Å²) in [6.45, 7) is 3.07. The zero-order valence-corrected chi connectivity index (χ0v) is 12.5. The Labute approximate surface area is 125 Å². The van der Waals surface area contributed by atoms with Crippen molar-refractivity contribution >= 4 is 0 Å². The van der Waals surface area contributed by atoms with Gasteiger partial charge in [0, 0.05) is 0 Å². The van der Waals surface area contributed by atoms with Crippen molar-refractivity contribution in [1.82, 2.24) is 20.3 Å². The van der Waals surface area contributed by atoms with Crippen LogP contribution in [0, 0.1) is 0 Å². The monoisotopic (exact) mass is 282 g/mol. The molecular weight excluding hydrogens is 260 g/mol. The largest absolute Gasteiger partial charge is 0.305 e. The van der Waals surface area contributed by atoms with Crippen LogP contribution in [0.25, 0.3) is 5.69 Å². The van der Waals surface area contributed by atoms with Gasteiger partial charge in [-0.2, -0.15) is 15.0 Å². The summed E-state index contributed by atoms with van der Waals surface area (Å²) in [5.74, 6) is 0. The van der Waals surface area contributed by atoms with Gasteiger partial charge in [-0.25, -0.2) is 0 Å². The lowest BCUT2D eigenvalue weighted by atomic mass is 9.92. The number of likely N-dealkylation sites (N-methyl/N-ethyl adjacent to an activating group) is 1. The van der Waals surface area contributed by atoms with Gasteiger partial charge < -0.3 is 5.32 Å². The second-order valence-corrected chi connectivity index (χ2v) is 5.41. The molecule has 110 valence electrons. The lowest BCUT2D eigenvalue weighted by molar-refractivity contribution is 0.549. The van der Waals surface area contributed by atoms with Gasteiger partial charge in [0.05, 0.1) is 17.9 Å².